The number of rotatable bonds is 1. The Bertz CT molecular complexity index is 613. The van der Waals surface area contributed by atoms with Crippen LogP contribution >= 0.6 is 0 Å². The molecule has 0 radical (unpaired) electrons. The molecule has 0 bridgehead atoms. The number of benzene rings is 1. The van der Waals surface area contributed by atoms with E-state index < -0.39 is 0 Å². The minimum atomic E-state index is 0.478. The Hall–Kier alpha value is -2.34. The zero-order chi connectivity index (χ0) is 12.4. The number of anilines is 1. The van der Waals surface area contributed by atoms with Crippen LogP contribution in [-0.4, -0.2) is 11.5 Å². The molecule has 0 aliphatic carbocycles. The largest absolute Gasteiger partial charge is 0.352 e. The van der Waals surface area contributed by atoms with Gasteiger partial charge in [0.05, 0.1) is 0 Å². The number of hydrogen-bond acceptors (Lipinski definition) is 3. The molecule has 3 rings (SSSR count). The van der Waals surface area contributed by atoms with Crippen LogP contribution in [0.2, 0.25) is 0 Å². The maximum atomic E-state index is 8.89. The Morgan fingerprint density at radius 3 is 2.72 bits per heavy atom. The summed E-state index contributed by atoms with van der Waals surface area (Å²) in [6.45, 7) is 1.83. The van der Waals surface area contributed by atoms with Crippen molar-refractivity contribution in [2.45, 2.75) is 13.0 Å². The minimum Gasteiger partial charge on any atom is -0.352 e. The van der Waals surface area contributed by atoms with Crippen LogP contribution in [0.4, 0.5) is 5.82 Å². The lowest BCUT2D eigenvalue weighted by atomic mass is 10.00. The van der Waals surface area contributed by atoms with E-state index in [9.17, 15) is 0 Å². The summed E-state index contributed by atoms with van der Waals surface area (Å²) in [6.07, 6.45) is 1.04. The molecule has 0 atom stereocenters. The van der Waals surface area contributed by atoms with Gasteiger partial charge in [0, 0.05) is 13.1 Å². The number of aromatic nitrogens is 1. The van der Waals surface area contributed by atoms with Gasteiger partial charge in [0.2, 0.25) is 0 Å². The molecule has 1 aliphatic rings. The summed E-state index contributed by atoms with van der Waals surface area (Å²) < 4.78 is 0. The fraction of sp³-hybridized carbons (Fsp3) is 0.200. The predicted molar refractivity (Wildman–Crippen MR) is 70.1 cm³/mol. The van der Waals surface area contributed by atoms with Crippen molar-refractivity contribution in [1.82, 2.24) is 4.98 Å². The predicted octanol–water partition coefficient (Wildman–Crippen LogP) is 2.52. The topological polar surface area (TPSA) is 39.9 Å². The van der Waals surface area contributed by atoms with E-state index in [2.05, 4.69) is 40.2 Å². The maximum absolute atomic E-state index is 8.89. The average Bonchev–Trinajstić information content (AvgIpc) is 2.47. The summed E-state index contributed by atoms with van der Waals surface area (Å²) in [6, 6.07) is 16.2. The van der Waals surface area contributed by atoms with Gasteiger partial charge < -0.3 is 4.90 Å². The molecule has 0 unspecified atom stereocenters. The van der Waals surface area contributed by atoms with Gasteiger partial charge in [-0.05, 0) is 29.7 Å². The molecule has 18 heavy (non-hydrogen) atoms. The van der Waals surface area contributed by atoms with E-state index in [1.165, 1.54) is 11.1 Å². The molecule has 1 aromatic heterocycles. The first-order valence-electron chi connectivity index (χ1n) is 6.06. The van der Waals surface area contributed by atoms with Crippen molar-refractivity contribution >= 4 is 5.82 Å². The molecule has 88 valence electrons. The van der Waals surface area contributed by atoms with E-state index in [0.717, 1.165) is 25.3 Å². The molecular formula is C15H13N3. The highest BCUT2D eigenvalue weighted by Crippen LogP contribution is 2.22. The summed E-state index contributed by atoms with van der Waals surface area (Å²) in [5, 5.41) is 8.89. The van der Waals surface area contributed by atoms with Gasteiger partial charge in [0.15, 0.2) is 0 Å². The number of pyridine rings is 1. The second-order valence-electron chi connectivity index (χ2n) is 4.43. The first kappa shape index (κ1) is 10.8. The maximum Gasteiger partial charge on any atom is 0.142 e. The van der Waals surface area contributed by atoms with Gasteiger partial charge in [0.25, 0.3) is 0 Å². The van der Waals surface area contributed by atoms with E-state index in [1.807, 2.05) is 12.1 Å². The Labute approximate surface area is 106 Å². The van der Waals surface area contributed by atoms with Gasteiger partial charge in [-0.2, -0.15) is 5.26 Å². The minimum absolute atomic E-state index is 0.478. The van der Waals surface area contributed by atoms with E-state index in [0.29, 0.717) is 5.69 Å². The third kappa shape index (κ3) is 1.93. The van der Waals surface area contributed by atoms with Crippen LogP contribution in [0.3, 0.4) is 0 Å². The Kier molecular flexibility index (Phi) is 2.70. The highest BCUT2D eigenvalue weighted by atomic mass is 15.2. The van der Waals surface area contributed by atoms with Crippen LogP contribution in [0.25, 0.3) is 0 Å². The van der Waals surface area contributed by atoms with Gasteiger partial charge in [-0.25, -0.2) is 4.98 Å². The van der Waals surface area contributed by atoms with Gasteiger partial charge in [0.1, 0.15) is 17.6 Å². The van der Waals surface area contributed by atoms with Crippen molar-refractivity contribution < 1.29 is 0 Å². The quantitative estimate of drug-likeness (QED) is 0.762. The number of fused-ring (bicyclic) bond motifs is 1. The zero-order valence-electron chi connectivity index (χ0n) is 10.0. The molecule has 1 aromatic carbocycles. The van der Waals surface area contributed by atoms with Crippen molar-refractivity contribution in [2.24, 2.45) is 0 Å². The highest BCUT2D eigenvalue weighted by Gasteiger charge is 2.16. The molecule has 3 nitrogen and oxygen atoms in total. The van der Waals surface area contributed by atoms with Crippen LogP contribution in [0.5, 0.6) is 0 Å². The Balaban J connectivity index is 1.90. The van der Waals surface area contributed by atoms with Gasteiger partial charge in [-0.3, -0.25) is 0 Å². The van der Waals surface area contributed by atoms with Crippen LogP contribution in [-0.2, 0) is 13.0 Å². The molecule has 3 heteroatoms. The lowest BCUT2D eigenvalue weighted by Gasteiger charge is -2.29. The molecular weight excluding hydrogens is 222 g/mol. The van der Waals surface area contributed by atoms with Crippen molar-refractivity contribution in [3.05, 3.63) is 59.3 Å². The van der Waals surface area contributed by atoms with E-state index >= 15 is 0 Å². The molecule has 0 fully saturated rings. The number of nitrogens with zero attached hydrogens (tertiary/aromatic N) is 3. The van der Waals surface area contributed by atoms with E-state index in [1.54, 1.807) is 6.07 Å². The fourth-order valence-corrected chi connectivity index (χ4v) is 2.35. The smallest absolute Gasteiger partial charge is 0.142 e. The summed E-state index contributed by atoms with van der Waals surface area (Å²) >= 11 is 0. The first-order valence-corrected chi connectivity index (χ1v) is 6.06. The van der Waals surface area contributed by atoms with Crippen molar-refractivity contribution in [1.29, 1.82) is 5.26 Å². The molecule has 0 amide bonds. The van der Waals surface area contributed by atoms with Crippen LogP contribution in [0.1, 0.15) is 16.8 Å². The number of nitriles is 1. The Morgan fingerprint density at radius 1 is 1.06 bits per heavy atom. The van der Waals surface area contributed by atoms with Crippen LogP contribution < -0.4 is 4.90 Å². The second kappa shape index (κ2) is 4.50. The number of hydrogen-bond donors (Lipinski definition) is 0. The molecule has 2 heterocycles. The third-order valence-corrected chi connectivity index (χ3v) is 3.30. The average molecular weight is 235 g/mol. The summed E-state index contributed by atoms with van der Waals surface area (Å²) in [5.74, 6) is 0.892. The zero-order valence-corrected chi connectivity index (χ0v) is 10.0. The summed E-state index contributed by atoms with van der Waals surface area (Å²) in [5.41, 5.74) is 3.25. The SMILES string of the molecule is N#Cc1cccc(N2CCc3ccccc3C2)n1. The molecule has 0 saturated carbocycles. The second-order valence-corrected chi connectivity index (χ2v) is 4.43. The molecule has 0 N–H and O–H groups in total. The third-order valence-electron chi connectivity index (χ3n) is 3.30. The normalized spacial score (nSPS) is 13.8. The lowest BCUT2D eigenvalue weighted by molar-refractivity contribution is 0.720. The summed E-state index contributed by atoms with van der Waals surface area (Å²) in [4.78, 5) is 6.58. The van der Waals surface area contributed by atoms with Crippen molar-refractivity contribution in [3.63, 3.8) is 0 Å². The monoisotopic (exact) mass is 235 g/mol. The van der Waals surface area contributed by atoms with Crippen molar-refractivity contribution in [3.8, 4) is 6.07 Å². The van der Waals surface area contributed by atoms with Gasteiger partial charge in [-0.15, -0.1) is 0 Å². The van der Waals surface area contributed by atoms with Gasteiger partial charge in [-0.1, -0.05) is 30.3 Å². The van der Waals surface area contributed by atoms with Crippen molar-refractivity contribution in [2.75, 3.05) is 11.4 Å². The summed E-state index contributed by atoms with van der Waals surface area (Å²) in [7, 11) is 0. The van der Waals surface area contributed by atoms with Crippen LogP contribution in [0, 0.1) is 11.3 Å². The molecule has 1 aliphatic heterocycles. The molecule has 0 spiro atoms. The van der Waals surface area contributed by atoms with Crippen LogP contribution in [0.15, 0.2) is 42.5 Å². The molecule has 2 aromatic rings. The lowest BCUT2D eigenvalue weighted by Crippen LogP contribution is -2.31. The standard InChI is InChI=1S/C15H13N3/c16-10-14-6-3-7-15(17-14)18-9-8-12-4-1-2-5-13(12)11-18/h1-7H,8-9,11H2. The molecule has 0 saturated heterocycles. The Morgan fingerprint density at radius 2 is 1.89 bits per heavy atom. The fourth-order valence-electron chi connectivity index (χ4n) is 2.35. The highest BCUT2D eigenvalue weighted by molar-refractivity contribution is 5.45. The first-order chi connectivity index (χ1) is 8.86. The van der Waals surface area contributed by atoms with Gasteiger partial charge >= 0.3 is 0 Å². The van der Waals surface area contributed by atoms with E-state index in [4.69, 9.17) is 5.26 Å². The van der Waals surface area contributed by atoms with E-state index in [-0.39, 0.29) is 0 Å².